The lowest BCUT2D eigenvalue weighted by atomic mass is 10.1. The van der Waals surface area contributed by atoms with Crippen molar-refractivity contribution in [2.75, 3.05) is 11.4 Å². The third-order valence-electron chi connectivity index (χ3n) is 4.04. The predicted molar refractivity (Wildman–Crippen MR) is 95.9 cm³/mol. The Bertz CT molecular complexity index is 636. The Hall–Kier alpha value is -2.36. The van der Waals surface area contributed by atoms with Crippen LogP contribution in [0.15, 0.2) is 42.6 Å². The Kier molecular flexibility index (Phi) is 6.79. The maximum atomic E-state index is 11.2. The molecule has 0 fully saturated rings. The van der Waals surface area contributed by atoms with E-state index < -0.39 is 6.09 Å². The van der Waals surface area contributed by atoms with Gasteiger partial charge in [-0.05, 0) is 43.0 Å². The van der Waals surface area contributed by atoms with E-state index in [4.69, 9.17) is 0 Å². The first-order chi connectivity index (χ1) is 11.7. The van der Waals surface area contributed by atoms with Gasteiger partial charge in [0.15, 0.2) is 0 Å². The SMILES string of the molecule is CCCCCc1ccc(-c2ccc(N(CCC)C(=O)[O-])cc2)nc1. The van der Waals surface area contributed by atoms with E-state index in [0.29, 0.717) is 12.2 Å². The molecule has 2 rings (SSSR count). The van der Waals surface area contributed by atoms with Crippen molar-refractivity contribution in [3.8, 4) is 11.3 Å². The molecule has 1 aromatic heterocycles. The van der Waals surface area contributed by atoms with Gasteiger partial charge in [-0.15, -0.1) is 0 Å². The summed E-state index contributed by atoms with van der Waals surface area (Å²) < 4.78 is 0. The van der Waals surface area contributed by atoms with E-state index in [-0.39, 0.29) is 0 Å². The lowest BCUT2D eigenvalue weighted by molar-refractivity contribution is -0.246. The predicted octanol–water partition coefficient (Wildman–Crippen LogP) is 4.04. The fourth-order valence-corrected chi connectivity index (χ4v) is 2.68. The Morgan fingerprint density at radius 2 is 1.79 bits per heavy atom. The zero-order valence-electron chi connectivity index (χ0n) is 14.5. The second kappa shape index (κ2) is 9.06. The van der Waals surface area contributed by atoms with Crippen LogP contribution in [0.2, 0.25) is 0 Å². The summed E-state index contributed by atoms with van der Waals surface area (Å²) in [5.74, 6) is 0. The number of hydrogen-bond acceptors (Lipinski definition) is 3. The van der Waals surface area contributed by atoms with Crippen LogP contribution in [0.25, 0.3) is 11.3 Å². The van der Waals surface area contributed by atoms with Crippen molar-refractivity contribution in [2.24, 2.45) is 0 Å². The van der Waals surface area contributed by atoms with Crippen LogP contribution in [0.4, 0.5) is 10.5 Å². The third kappa shape index (κ3) is 4.82. The number of carbonyl (C=O) groups is 1. The molecule has 4 nitrogen and oxygen atoms in total. The van der Waals surface area contributed by atoms with E-state index in [1.54, 1.807) is 12.1 Å². The van der Waals surface area contributed by atoms with Crippen LogP contribution in [0.5, 0.6) is 0 Å². The lowest BCUT2D eigenvalue weighted by Gasteiger charge is -2.24. The van der Waals surface area contributed by atoms with E-state index in [1.165, 1.54) is 29.7 Å². The van der Waals surface area contributed by atoms with Crippen molar-refractivity contribution < 1.29 is 9.90 Å². The van der Waals surface area contributed by atoms with E-state index in [2.05, 4.69) is 18.0 Å². The standard InChI is InChI=1S/C20H26N2O2/c1-3-5-6-7-16-8-13-19(21-15-16)17-9-11-18(12-10-17)22(14-4-2)20(23)24/h8-13,15H,3-7,14H2,1-2H3,(H,23,24)/p-1. The minimum Gasteiger partial charge on any atom is -0.530 e. The maximum Gasteiger partial charge on any atom is 0.141 e. The van der Waals surface area contributed by atoms with Crippen molar-refractivity contribution in [3.05, 3.63) is 48.2 Å². The highest BCUT2D eigenvalue weighted by Gasteiger charge is 2.07. The molecule has 0 aliphatic carbocycles. The molecule has 128 valence electrons. The van der Waals surface area contributed by atoms with Crippen LogP contribution in [0, 0.1) is 0 Å². The fraction of sp³-hybridized carbons (Fsp3) is 0.400. The number of aromatic nitrogens is 1. The molecule has 2 aromatic rings. The Morgan fingerprint density at radius 1 is 1.04 bits per heavy atom. The molecule has 1 heterocycles. The average Bonchev–Trinajstić information content (AvgIpc) is 2.60. The van der Waals surface area contributed by atoms with Crippen molar-refractivity contribution >= 4 is 11.8 Å². The first-order valence-corrected chi connectivity index (χ1v) is 8.69. The zero-order valence-corrected chi connectivity index (χ0v) is 14.5. The smallest absolute Gasteiger partial charge is 0.141 e. The maximum absolute atomic E-state index is 11.2. The third-order valence-corrected chi connectivity index (χ3v) is 4.04. The number of benzene rings is 1. The van der Waals surface area contributed by atoms with Crippen LogP contribution in [0.1, 0.15) is 45.1 Å². The number of unbranched alkanes of at least 4 members (excludes halogenated alkanes) is 2. The van der Waals surface area contributed by atoms with Gasteiger partial charge in [-0.3, -0.25) is 4.98 Å². The van der Waals surface area contributed by atoms with Gasteiger partial charge in [0.05, 0.1) is 5.69 Å². The van der Waals surface area contributed by atoms with Gasteiger partial charge in [0.1, 0.15) is 6.09 Å². The minimum atomic E-state index is -1.17. The molecule has 4 heteroatoms. The summed E-state index contributed by atoms with van der Waals surface area (Å²) in [7, 11) is 0. The summed E-state index contributed by atoms with van der Waals surface area (Å²) in [6, 6.07) is 11.6. The van der Waals surface area contributed by atoms with Gasteiger partial charge >= 0.3 is 0 Å². The van der Waals surface area contributed by atoms with Gasteiger partial charge in [-0.2, -0.15) is 0 Å². The largest absolute Gasteiger partial charge is 0.530 e. The molecule has 0 N–H and O–H groups in total. The van der Waals surface area contributed by atoms with Crippen molar-refractivity contribution in [1.29, 1.82) is 0 Å². The quantitative estimate of drug-likeness (QED) is 0.688. The lowest BCUT2D eigenvalue weighted by Crippen LogP contribution is -2.41. The number of pyridine rings is 1. The van der Waals surface area contributed by atoms with Crippen molar-refractivity contribution in [1.82, 2.24) is 4.98 Å². The number of nitrogens with zero attached hydrogens (tertiary/aromatic N) is 2. The number of amides is 1. The van der Waals surface area contributed by atoms with Crippen molar-refractivity contribution in [3.63, 3.8) is 0 Å². The van der Waals surface area contributed by atoms with Gasteiger partial charge in [0.25, 0.3) is 0 Å². The van der Waals surface area contributed by atoms with Crippen LogP contribution in [0.3, 0.4) is 0 Å². The molecular weight excluding hydrogens is 300 g/mol. The number of hydrogen-bond donors (Lipinski definition) is 0. The average molecular weight is 325 g/mol. The van der Waals surface area contributed by atoms with Crippen molar-refractivity contribution in [2.45, 2.75) is 46.0 Å². The van der Waals surface area contributed by atoms with E-state index in [0.717, 1.165) is 24.1 Å². The van der Waals surface area contributed by atoms with Gasteiger partial charge in [-0.25, -0.2) is 0 Å². The highest BCUT2D eigenvalue weighted by Crippen LogP contribution is 2.22. The Morgan fingerprint density at radius 3 is 2.33 bits per heavy atom. The van der Waals surface area contributed by atoms with Crippen LogP contribution in [-0.2, 0) is 6.42 Å². The summed E-state index contributed by atoms with van der Waals surface area (Å²) >= 11 is 0. The Labute approximate surface area is 144 Å². The molecule has 0 spiro atoms. The molecule has 0 unspecified atom stereocenters. The summed E-state index contributed by atoms with van der Waals surface area (Å²) in [5.41, 5.74) is 3.77. The number of anilines is 1. The highest BCUT2D eigenvalue weighted by molar-refractivity contribution is 5.84. The summed E-state index contributed by atoms with van der Waals surface area (Å²) in [6.45, 7) is 4.58. The molecule has 24 heavy (non-hydrogen) atoms. The Balaban J connectivity index is 2.08. The minimum absolute atomic E-state index is 0.437. The molecule has 0 aliphatic heterocycles. The summed E-state index contributed by atoms with van der Waals surface area (Å²) in [5, 5.41) is 11.2. The zero-order chi connectivity index (χ0) is 17.4. The van der Waals surface area contributed by atoms with Gasteiger partial charge in [0.2, 0.25) is 0 Å². The van der Waals surface area contributed by atoms with Gasteiger partial charge in [-0.1, -0.05) is 44.9 Å². The fourth-order valence-electron chi connectivity index (χ4n) is 2.68. The number of carboxylic acid groups (broad SMARTS) is 1. The molecule has 1 amide bonds. The number of aryl methyl sites for hydroxylation is 1. The summed E-state index contributed by atoms with van der Waals surface area (Å²) in [6.07, 6.45) is 6.24. The monoisotopic (exact) mass is 325 g/mol. The summed E-state index contributed by atoms with van der Waals surface area (Å²) in [4.78, 5) is 17.0. The molecular formula is C20H25N2O2-. The molecule has 0 saturated heterocycles. The number of rotatable bonds is 8. The molecule has 0 saturated carbocycles. The first kappa shape index (κ1) is 18.0. The topological polar surface area (TPSA) is 56.3 Å². The van der Waals surface area contributed by atoms with E-state index in [1.807, 2.05) is 31.3 Å². The molecule has 0 aliphatic rings. The van der Waals surface area contributed by atoms with E-state index in [9.17, 15) is 9.90 Å². The van der Waals surface area contributed by atoms with Crippen LogP contribution >= 0.6 is 0 Å². The van der Waals surface area contributed by atoms with Crippen LogP contribution < -0.4 is 10.0 Å². The highest BCUT2D eigenvalue weighted by atomic mass is 16.4. The molecule has 0 radical (unpaired) electrons. The van der Waals surface area contributed by atoms with E-state index >= 15 is 0 Å². The second-order valence-corrected chi connectivity index (χ2v) is 5.97. The van der Waals surface area contributed by atoms with Gasteiger partial charge in [0, 0.05) is 24.0 Å². The second-order valence-electron chi connectivity index (χ2n) is 5.97. The van der Waals surface area contributed by atoms with Crippen LogP contribution in [-0.4, -0.2) is 17.6 Å². The molecule has 1 aromatic carbocycles. The number of carbonyl (C=O) groups excluding carboxylic acids is 1. The molecule has 0 bridgehead atoms. The van der Waals surface area contributed by atoms with Gasteiger partial charge < -0.3 is 14.8 Å². The normalized spacial score (nSPS) is 10.6. The first-order valence-electron chi connectivity index (χ1n) is 8.69. The molecule has 0 atom stereocenters.